The van der Waals surface area contributed by atoms with E-state index in [4.69, 9.17) is 5.73 Å². The van der Waals surface area contributed by atoms with Crippen molar-refractivity contribution in [3.63, 3.8) is 0 Å². The molecule has 6 nitrogen and oxygen atoms in total. The molecular weight excluding hydrogens is 226 g/mol. The van der Waals surface area contributed by atoms with Gasteiger partial charge in [-0.2, -0.15) is 9.36 Å². The molecule has 0 radical (unpaired) electrons. The fourth-order valence-corrected chi connectivity index (χ4v) is 1.59. The first-order valence-electron chi connectivity index (χ1n) is 5.12. The van der Waals surface area contributed by atoms with Gasteiger partial charge in [-0.15, -0.1) is 0 Å². The van der Waals surface area contributed by atoms with Crippen molar-refractivity contribution in [2.75, 3.05) is 17.6 Å². The number of rotatable bonds is 5. The highest BCUT2D eigenvalue weighted by atomic mass is 32.1. The quantitative estimate of drug-likeness (QED) is 0.707. The minimum Gasteiger partial charge on any atom is -0.367 e. The zero-order valence-corrected chi connectivity index (χ0v) is 10.5. The molecule has 0 bridgehead atoms. The standard InChI is InChI=1S/C9H17N5OS/c1-5(2)4-11-7(15)6(3)12-9-13-8(10)14-16-9/h5-6H,4H2,1-3H3,(H,11,15)(H3,10,12,13,14). The molecule has 0 spiro atoms. The largest absolute Gasteiger partial charge is 0.367 e. The summed E-state index contributed by atoms with van der Waals surface area (Å²) in [5.41, 5.74) is 5.38. The molecule has 0 aliphatic rings. The number of carbonyl (C=O) groups is 1. The van der Waals surface area contributed by atoms with E-state index in [1.165, 1.54) is 0 Å². The summed E-state index contributed by atoms with van der Waals surface area (Å²) in [4.78, 5) is 15.5. The van der Waals surface area contributed by atoms with Crippen LogP contribution in [0.15, 0.2) is 0 Å². The highest BCUT2D eigenvalue weighted by molar-refractivity contribution is 7.09. The van der Waals surface area contributed by atoms with Crippen molar-refractivity contribution in [1.29, 1.82) is 0 Å². The van der Waals surface area contributed by atoms with E-state index in [1.54, 1.807) is 6.92 Å². The molecule has 1 rings (SSSR count). The lowest BCUT2D eigenvalue weighted by atomic mass is 10.2. The van der Waals surface area contributed by atoms with E-state index < -0.39 is 0 Å². The third-order valence-corrected chi connectivity index (χ3v) is 2.52. The van der Waals surface area contributed by atoms with Crippen molar-refractivity contribution >= 4 is 28.5 Å². The Morgan fingerprint density at radius 2 is 2.19 bits per heavy atom. The number of carbonyl (C=O) groups excluding carboxylic acids is 1. The summed E-state index contributed by atoms with van der Waals surface area (Å²) in [5.74, 6) is 0.609. The first-order valence-corrected chi connectivity index (χ1v) is 5.89. The van der Waals surface area contributed by atoms with Crippen LogP contribution in [0.1, 0.15) is 20.8 Å². The summed E-state index contributed by atoms with van der Waals surface area (Å²) in [6.07, 6.45) is 0. The Morgan fingerprint density at radius 1 is 1.50 bits per heavy atom. The van der Waals surface area contributed by atoms with E-state index in [0.29, 0.717) is 17.6 Å². The summed E-state index contributed by atoms with van der Waals surface area (Å²) >= 11 is 1.14. The van der Waals surface area contributed by atoms with Crippen LogP contribution in [0.3, 0.4) is 0 Å². The van der Waals surface area contributed by atoms with Crippen molar-refractivity contribution in [3.05, 3.63) is 0 Å². The third-order valence-electron chi connectivity index (χ3n) is 1.86. The molecule has 0 aliphatic carbocycles. The molecule has 90 valence electrons. The summed E-state index contributed by atoms with van der Waals surface area (Å²) in [6.45, 7) is 6.53. The molecule has 1 unspecified atom stereocenters. The van der Waals surface area contributed by atoms with Crippen molar-refractivity contribution < 1.29 is 4.79 Å². The second-order valence-electron chi connectivity index (χ2n) is 3.96. The second-order valence-corrected chi connectivity index (χ2v) is 4.71. The average molecular weight is 243 g/mol. The lowest BCUT2D eigenvalue weighted by Crippen LogP contribution is -2.39. The maximum Gasteiger partial charge on any atom is 0.242 e. The topological polar surface area (TPSA) is 92.9 Å². The molecule has 16 heavy (non-hydrogen) atoms. The van der Waals surface area contributed by atoms with Gasteiger partial charge < -0.3 is 16.4 Å². The van der Waals surface area contributed by atoms with Gasteiger partial charge in [-0.1, -0.05) is 13.8 Å². The minimum absolute atomic E-state index is 0.0533. The monoisotopic (exact) mass is 243 g/mol. The van der Waals surface area contributed by atoms with Gasteiger partial charge in [-0.05, 0) is 12.8 Å². The van der Waals surface area contributed by atoms with E-state index in [2.05, 4.69) is 20.0 Å². The highest BCUT2D eigenvalue weighted by Gasteiger charge is 2.14. The predicted molar refractivity (Wildman–Crippen MR) is 65.3 cm³/mol. The summed E-state index contributed by atoms with van der Waals surface area (Å²) in [7, 11) is 0. The molecule has 0 saturated carbocycles. The number of nitrogen functional groups attached to an aromatic ring is 1. The number of anilines is 2. The first kappa shape index (κ1) is 12.7. The number of nitrogens with zero attached hydrogens (tertiary/aromatic N) is 2. The zero-order chi connectivity index (χ0) is 12.1. The van der Waals surface area contributed by atoms with Gasteiger partial charge in [-0.25, -0.2) is 0 Å². The normalized spacial score (nSPS) is 12.5. The number of nitrogens with two attached hydrogens (primary N) is 1. The zero-order valence-electron chi connectivity index (χ0n) is 9.65. The maximum atomic E-state index is 11.6. The van der Waals surface area contributed by atoms with Gasteiger partial charge in [0.25, 0.3) is 0 Å². The fourth-order valence-electron chi connectivity index (χ4n) is 1.00. The van der Waals surface area contributed by atoms with Gasteiger partial charge in [0.05, 0.1) is 0 Å². The fraction of sp³-hybridized carbons (Fsp3) is 0.667. The smallest absolute Gasteiger partial charge is 0.242 e. The molecule has 1 amide bonds. The van der Waals surface area contributed by atoms with Crippen LogP contribution in [-0.4, -0.2) is 27.9 Å². The van der Waals surface area contributed by atoms with Gasteiger partial charge in [0.15, 0.2) is 0 Å². The molecule has 1 aromatic rings. The number of hydrogen-bond donors (Lipinski definition) is 3. The number of aromatic nitrogens is 2. The lowest BCUT2D eigenvalue weighted by Gasteiger charge is -2.13. The van der Waals surface area contributed by atoms with Gasteiger partial charge >= 0.3 is 0 Å². The van der Waals surface area contributed by atoms with Crippen LogP contribution in [0.5, 0.6) is 0 Å². The first-order chi connectivity index (χ1) is 7.49. The molecule has 4 N–H and O–H groups in total. The predicted octanol–water partition coefficient (Wildman–Crippen LogP) is 0.693. The van der Waals surface area contributed by atoms with Crippen LogP contribution < -0.4 is 16.4 Å². The number of hydrogen-bond acceptors (Lipinski definition) is 6. The molecular formula is C9H17N5OS. The van der Waals surface area contributed by atoms with E-state index >= 15 is 0 Å². The third kappa shape index (κ3) is 4.01. The summed E-state index contributed by atoms with van der Waals surface area (Å²) in [6, 6.07) is -0.342. The van der Waals surface area contributed by atoms with Gasteiger partial charge in [0, 0.05) is 18.1 Å². The van der Waals surface area contributed by atoms with E-state index in [0.717, 1.165) is 11.5 Å². The van der Waals surface area contributed by atoms with Crippen LogP contribution in [0, 0.1) is 5.92 Å². The molecule has 7 heteroatoms. The molecule has 0 fully saturated rings. The molecule has 0 aliphatic heterocycles. The van der Waals surface area contributed by atoms with Gasteiger partial charge in [0.2, 0.25) is 17.0 Å². The highest BCUT2D eigenvalue weighted by Crippen LogP contribution is 2.12. The Kier molecular flexibility index (Phi) is 4.48. The summed E-state index contributed by atoms with van der Waals surface area (Å²) < 4.78 is 3.82. The number of amides is 1. The maximum absolute atomic E-state index is 11.6. The Balaban J connectivity index is 2.39. The van der Waals surface area contributed by atoms with Crippen LogP contribution in [0.4, 0.5) is 11.1 Å². The Labute approximate surface area is 98.8 Å². The van der Waals surface area contributed by atoms with Crippen LogP contribution in [0.2, 0.25) is 0 Å². The van der Waals surface area contributed by atoms with Gasteiger partial charge in [0.1, 0.15) is 6.04 Å². The van der Waals surface area contributed by atoms with Crippen LogP contribution in [0.25, 0.3) is 0 Å². The van der Waals surface area contributed by atoms with Crippen molar-refractivity contribution in [2.45, 2.75) is 26.8 Å². The summed E-state index contributed by atoms with van der Waals surface area (Å²) in [5, 5.41) is 6.33. The van der Waals surface area contributed by atoms with Crippen molar-refractivity contribution in [1.82, 2.24) is 14.7 Å². The van der Waals surface area contributed by atoms with Gasteiger partial charge in [-0.3, -0.25) is 4.79 Å². The molecule has 0 saturated heterocycles. The van der Waals surface area contributed by atoms with E-state index in [1.807, 2.05) is 13.8 Å². The van der Waals surface area contributed by atoms with Crippen LogP contribution >= 0.6 is 11.5 Å². The van der Waals surface area contributed by atoms with Crippen molar-refractivity contribution in [3.8, 4) is 0 Å². The second kappa shape index (κ2) is 5.64. The minimum atomic E-state index is -0.342. The molecule has 0 aromatic carbocycles. The van der Waals surface area contributed by atoms with E-state index in [9.17, 15) is 4.79 Å². The lowest BCUT2D eigenvalue weighted by molar-refractivity contribution is -0.121. The average Bonchev–Trinajstić information content (AvgIpc) is 2.60. The van der Waals surface area contributed by atoms with Crippen molar-refractivity contribution in [2.24, 2.45) is 5.92 Å². The Hall–Kier alpha value is -1.37. The van der Waals surface area contributed by atoms with Crippen LogP contribution in [-0.2, 0) is 4.79 Å². The Morgan fingerprint density at radius 3 is 2.69 bits per heavy atom. The molecule has 1 aromatic heterocycles. The molecule has 1 heterocycles. The molecule has 1 atom stereocenters. The Bertz CT molecular complexity index is 351. The SMILES string of the molecule is CC(C)CNC(=O)C(C)Nc1nc(N)ns1. The number of nitrogens with one attached hydrogen (secondary N) is 2. The van der Waals surface area contributed by atoms with E-state index in [-0.39, 0.29) is 17.9 Å².